The van der Waals surface area contributed by atoms with Gasteiger partial charge in [0.1, 0.15) is 0 Å². The summed E-state index contributed by atoms with van der Waals surface area (Å²) in [5, 5.41) is 9.09. The van der Waals surface area contributed by atoms with Gasteiger partial charge in [-0.3, -0.25) is 0 Å². The number of hydrogen-bond donors (Lipinski definition) is 1. The van der Waals surface area contributed by atoms with Crippen molar-refractivity contribution in [1.29, 1.82) is 0 Å². The zero-order chi connectivity index (χ0) is 12.3. The van der Waals surface area contributed by atoms with Crippen molar-refractivity contribution >= 4 is 21.6 Å². The van der Waals surface area contributed by atoms with E-state index < -0.39 is 0 Å². The molecule has 2 rings (SSSR count). The highest BCUT2D eigenvalue weighted by Gasteiger charge is 2.23. The van der Waals surface area contributed by atoms with E-state index in [1.807, 2.05) is 0 Å². The highest BCUT2D eigenvalue weighted by atomic mass is 79.9. The molecule has 1 N–H and O–H groups in total. The molecule has 1 aliphatic heterocycles. The van der Waals surface area contributed by atoms with Crippen LogP contribution < -0.4 is 4.90 Å². The molecule has 1 heterocycles. The number of benzene rings is 1. The van der Waals surface area contributed by atoms with Crippen molar-refractivity contribution in [2.75, 3.05) is 24.6 Å². The van der Waals surface area contributed by atoms with Crippen molar-refractivity contribution in [3.8, 4) is 0 Å². The average molecular weight is 298 g/mol. The van der Waals surface area contributed by atoms with Crippen LogP contribution >= 0.6 is 15.9 Å². The summed E-state index contributed by atoms with van der Waals surface area (Å²) >= 11 is 3.52. The average Bonchev–Trinajstić information content (AvgIpc) is 2.77. The first kappa shape index (κ1) is 12.9. The summed E-state index contributed by atoms with van der Waals surface area (Å²) in [7, 11) is 0. The predicted molar refractivity (Wildman–Crippen MR) is 75.3 cm³/mol. The van der Waals surface area contributed by atoms with E-state index in [9.17, 15) is 0 Å². The maximum absolute atomic E-state index is 9.09. The monoisotopic (exact) mass is 297 g/mol. The smallest absolute Gasteiger partial charge is 0.0456 e. The second-order valence-electron chi connectivity index (χ2n) is 5.10. The fraction of sp³-hybridized carbons (Fsp3) is 0.571. The Morgan fingerprint density at radius 2 is 2.35 bits per heavy atom. The summed E-state index contributed by atoms with van der Waals surface area (Å²) in [5.41, 5.74) is 1.30. The minimum atomic E-state index is 0.313. The zero-order valence-electron chi connectivity index (χ0n) is 10.3. The van der Waals surface area contributed by atoms with Crippen molar-refractivity contribution < 1.29 is 5.11 Å². The molecule has 1 fully saturated rings. The van der Waals surface area contributed by atoms with Crippen LogP contribution in [0, 0.1) is 11.8 Å². The van der Waals surface area contributed by atoms with Gasteiger partial charge in [-0.25, -0.2) is 0 Å². The molecule has 0 aliphatic carbocycles. The largest absolute Gasteiger partial charge is 0.396 e. The molecule has 0 radical (unpaired) electrons. The molecule has 1 saturated heterocycles. The van der Waals surface area contributed by atoms with Gasteiger partial charge in [-0.2, -0.15) is 0 Å². The molecule has 3 heteroatoms. The van der Waals surface area contributed by atoms with Crippen LogP contribution in [-0.2, 0) is 0 Å². The van der Waals surface area contributed by atoms with Crippen LogP contribution in [0.4, 0.5) is 5.69 Å². The van der Waals surface area contributed by atoms with Crippen LogP contribution in [0.15, 0.2) is 28.7 Å². The highest BCUT2D eigenvalue weighted by Crippen LogP contribution is 2.29. The predicted octanol–water partition coefficient (Wildman–Crippen LogP) is 3.29. The van der Waals surface area contributed by atoms with E-state index in [0.29, 0.717) is 12.5 Å². The Morgan fingerprint density at radius 1 is 1.53 bits per heavy atom. The van der Waals surface area contributed by atoms with Gasteiger partial charge in [0.2, 0.25) is 0 Å². The van der Waals surface area contributed by atoms with Crippen LogP contribution in [0.5, 0.6) is 0 Å². The minimum absolute atomic E-state index is 0.313. The molecule has 17 heavy (non-hydrogen) atoms. The number of hydrogen-bond acceptors (Lipinski definition) is 2. The molecule has 1 aliphatic rings. The fourth-order valence-corrected chi connectivity index (χ4v) is 2.96. The van der Waals surface area contributed by atoms with Crippen LogP contribution in [-0.4, -0.2) is 24.8 Å². The normalized spacial score (nSPS) is 21.8. The summed E-state index contributed by atoms with van der Waals surface area (Å²) < 4.78 is 1.14. The van der Waals surface area contributed by atoms with Gasteiger partial charge < -0.3 is 10.0 Å². The van der Waals surface area contributed by atoms with E-state index in [-0.39, 0.29) is 0 Å². The Kier molecular flexibility index (Phi) is 4.46. The molecule has 2 nitrogen and oxygen atoms in total. The Bertz CT molecular complexity index is 369. The molecule has 94 valence electrons. The van der Waals surface area contributed by atoms with Gasteiger partial charge in [-0.1, -0.05) is 28.9 Å². The standard InChI is InChI=1S/C14H20BrNO/c1-11(10-17)7-12-5-6-16(9-12)14-4-2-3-13(15)8-14/h2-4,8,11-12,17H,5-7,9-10H2,1H3. The number of halogens is 1. The molecule has 2 atom stereocenters. The van der Waals surface area contributed by atoms with E-state index >= 15 is 0 Å². The highest BCUT2D eigenvalue weighted by molar-refractivity contribution is 9.10. The van der Waals surface area contributed by atoms with Gasteiger partial charge in [0.25, 0.3) is 0 Å². The Hall–Kier alpha value is -0.540. The molecule has 0 aromatic heterocycles. The van der Waals surface area contributed by atoms with Gasteiger partial charge in [-0.15, -0.1) is 0 Å². The summed E-state index contributed by atoms with van der Waals surface area (Å²) in [4.78, 5) is 2.44. The lowest BCUT2D eigenvalue weighted by molar-refractivity contribution is 0.215. The molecule has 2 unspecified atom stereocenters. The van der Waals surface area contributed by atoms with E-state index in [1.165, 1.54) is 12.1 Å². The fourth-order valence-electron chi connectivity index (χ4n) is 2.58. The Morgan fingerprint density at radius 3 is 3.06 bits per heavy atom. The summed E-state index contributed by atoms with van der Waals surface area (Å²) in [6.07, 6.45) is 2.39. The van der Waals surface area contributed by atoms with E-state index in [1.54, 1.807) is 0 Å². The topological polar surface area (TPSA) is 23.5 Å². The van der Waals surface area contributed by atoms with Crippen LogP contribution in [0.25, 0.3) is 0 Å². The Labute approximate surface area is 112 Å². The molecule has 1 aromatic rings. The quantitative estimate of drug-likeness (QED) is 0.922. The molecule has 0 spiro atoms. The summed E-state index contributed by atoms with van der Waals surface area (Å²) in [6.45, 7) is 4.70. The third-order valence-corrected chi connectivity index (χ3v) is 4.00. The van der Waals surface area contributed by atoms with Crippen molar-refractivity contribution in [2.24, 2.45) is 11.8 Å². The van der Waals surface area contributed by atoms with Gasteiger partial charge in [0.15, 0.2) is 0 Å². The number of aliphatic hydroxyl groups is 1. The van der Waals surface area contributed by atoms with Gasteiger partial charge in [-0.05, 0) is 42.9 Å². The van der Waals surface area contributed by atoms with E-state index in [2.05, 4.69) is 52.0 Å². The molecule has 0 saturated carbocycles. The third-order valence-electron chi connectivity index (χ3n) is 3.51. The first-order valence-corrected chi connectivity index (χ1v) is 7.09. The lowest BCUT2D eigenvalue weighted by atomic mass is 9.96. The van der Waals surface area contributed by atoms with Gasteiger partial charge in [0.05, 0.1) is 0 Å². The van der Waals surface area contributed by atoms with Crippen molar-refractivity contribution in [3.05, 3.63) is 28.7 Å². The van der Waals surface area contributed by atoms with Crippen LogP contribution in [0.3, 0.4) is 0 Å². The first-order valence-electron chi connectivity index (χ1n) is 6.30. The number of aliphatic hydroxyl groups excluding tert-OH is 1. The number of nitrogens with zero attached hydrogens (tertiary/aromatic N) is 1. The van der Waals surface area contributed by atoms with Crippen LogP contribution in [0.2, 0.25) is 0 Å². The molecule has 0 amide bonds. The van der Waals surface area contributed by atoms with Gasteiger partial charge in [0, 0.05) is 29.9 Å². The molecule has 0 bridgehead atoms. The number of rotatable bonds is 4. The Balaban J connectivity index is 1.93. The molecule has 1 aromatic carbocycles. The second-order valence-corrected chi connectivity index (χ2v) is 6.02. The van der Waals surface area contributed by atoms with E-state index in [4.69, 9.17) is 5.11 Å². The zero-order valence-corrected chi connectivity index (χ0v) is 11.9. The minimum Gasteiger partial charge on any atom is -0.396 e. The van der Waals surface area contributed by atoms with E-state index in [0.717, 1.165) is 29.9 Å². The maximum atomic E-state index is 9.09. The molecular weight excluding hydrogens is 278 g/mol. The van der Waals surface area contributed by atoms with Crippen molar-refractivity contribution in [2.45, 2.75) is 19.8 Å². The second kappa shape index (κ2) is 5.87. The van der Waals surface area contributed by atoms with Crippen molar-refractivity contribution in [3.63, 3.8) is 0 Å². The first-order chi connectivity index (χ1) is 8.19. The SMILES string of the molecule is CC(CO)CC1CCN(c2cccc(Br)c2)C1. The summed E-state index contributed by atoms with van der Waals surface area (Å²) in [6, 6.07) is 8.49. The summed E-state index contributed by atoms with van der Waals surface area (Å²) in [5.74, 6) is 1.17. The van der Waals surface area contributed by atoms with Crippen LogP contribution in [0.1, 0.15) is 19.8 Å². The lowest BCUT2D eigenvalue weighted by Crippen LogP contribution is -2.20. The van der Waals surface area contributed by atoms with Crippen molar-refractivity contribution in [1.82, 2.24) is 0 Å². The third kappa shape index (κ3) is 3.46. The lowest BCUT2D eigenvalue weighted by Gasteiger charge is -2.20. The van der Waals surface area contributed by atoms with Gasteiger partial charge >= 0.3 is 0 Å². The maximum Gasteiger partial charge on any atom is 0.0456 e. The molecular formula is C14H20BrNO. The number of anilines is 1.